The van der Waals surface area contributed by atoms with Crippen molar-refractivity contribution in [3.05, 3.63) is 51.8 Å². The summed E-state index contributed by atoms with van der Waals surface area (Å²) in [5.74, 6) is 5.68. The molecule has 1 heterocycles. The molecule has 0 saturated heterocycles. The molecule has 1 atom stereocenters. The van der Waals surface area contributed by atoms with Crippen LogP contribution in [-0.2, 0) is 13.5 Å². The van der Waals surface area contributed by atoms with Gasteiger partial charge in [-0.1, -0.05) is 34.1 Å². The van der Waals surface area contributed by atoms with E-state index in [4.69, 9.17) is 5.84 Å². The molecule has 0 aliphatic carbocycles. The van der Waals surface area contributed by atoms with E-state index in [-0.39, 0.29) is 6.04 Å². The molecular weight excluding hydrogens is 292 g/mol. The number of aryl methyl sites for hydroxylation is 1. The van der Waals surface area contributed by atoms with E-state index in [0.29, 0.717) is 0 Å². The molecule has 2 rings (SSSR count). The number of hydrogen-bond acceptors (Lipinski definition) is 3. The van der Waals surface area contributed by atoms with Crippen molar-refractivity contribution in [1.29, 1.82) is 0 Å². The Kier molecular flexibility index (Phi) is 4.16. The van der Waals surface area contributed by atoms with E-state index in [1.165, 1.54) is 5.56 Å². The smallest absolute Gasteiger partial charge is 0.0540 e. The predicted octanol–water partition coefficient (Wildman–Crippen LogP) is 2.24. The van der Waals surface area contributed by atoms with E-state index in [2.05, 4.69) is 32.5 Å². The fourth-order valence-electron chi connectivity index (χ4n) is 2.00. The van der Waals surface area contributed by atoms with Crippen molar-refractivity contribution in [3.8, 4) is 0 Å². The molecule has 4 nitrogen and oxygen atoms in total. The van der Waals surface area contributed by atoms with Gasteiger partial charge in [-0.05, 0) is 25.0 Å². The summed E-state index contributed by atoms with van der Waals surface area (Å²) in [5, 5.41) is 4.26. The lowest BCUT2D eigenvalue weighted by Crippen LogP contribution is -2.30. The van der Waals surface area contributed by atoms with Crippen LogP contribution in [0, 0.1) is 6.92 Å². The highest BCUT2D eigenvalue weighted by Gasteiger charge is 2.16. The minimum atomic E-state index is 0.0670. The van der Waals surface area contributed by atoms with Gasteiger partial charge in [-0.3, -0.25) is 16.0 Å². The number of benzene rings is 1. The number of nitrogens with two attached hydrogens (primary N) is 1. The summed E-state index contributed by atoms with van der Waals surface area (Å²) in [7, 11) is 1.94. The molecule has 1 aromatic heterocycles. The van der Waals surface area contributed by atoms with Gasteiger partial charge in [0.05, 0.1) is 12.2 Å². The third-order valence-electron chi connectivity index (χ3n) is 3.23. The molecule has 0 bridgehead atoms. The molecule has 0 spiro atoms. The zero-order valence-electron chi connectivity index (χ0n) is 10.5. The zero-order valence-corrected chi connectivity index (χ0v) is 12.1. The first-order chi connectivity index (χ1) is 8.63. The SMILES string of the molecule is Cc1c(C(Cc2ccccc2Br)NN)cnn1C. The summed E-state index contributed by atoms with van der Waals surface area (Å²) < 4.78 is 2.96. The van der Waals surface area contributed by atoms with Crippen LogP contribution in [0.2, 0.25) is 0 Å². The Balaban J connectivity index is 2.25. The van der Waals surface area contributed by atoms with Crippen molar-refractivity contribution < 1.29 is 0 Å². The van der Waals surface area contributed by atoms with Crippen LogP contribution < -0.4 is 11.3 Å². The van der Waals surface area contributed by atoms with Gasteiger partial charge in [-0.2, -0.15) is 5.10 Å². The van der Waals surface area contributed by atoms with Crippen molar-refractivity contribution in [3.63, 3.8) is 0 Å². The van der Waals surface area contributed by atoms with Crippen LogP contribution in [0.1, 0.15) is 22.9 Å². The van der Waals surface area contributed by atoms with Crippen LogP contribution >= 0.6 is 15.9 Å². The molecule has 0 fully saturated rings. The molecule has 3 N–H and O–H groups in total. The van der Waals surface area contributed by atoms with Gasteiger partial charge in [0.15, 0.2) is 0 Å². The maximum absolute atomic E-state index is 5.68. The fourth-order valence-corrected chi connectivity index (χ4v) is 2.45. The maximum atomic E-state index is 5.68. The summed E-state index contributed by atoms with van der Waals surface area (Å²) in [6.07, 6.45) is 2.70. The Morgan fingerprint density at radius 1 is 1.44 bits per heavy atom. The van der Waals surface area contributed by atoms with E-state index in [1.54, 1.807) is 0 Å². The Morgan fingerprint density at radius 2 is 2.17 bits per heavy atom. The average molecular weight is 309 g/mol. The molecule has 0 amide bonds. The standard InChI is InChI=1S/C13H17BrN4/c1-9-11(8-16-18(9)2)13(17-15)7-10-5-3-4-6-12(10)14/h3-6,8,13,17H,7,15H2,1-2H3. The Hall–Kier alpha value is -1.17. The van der Waals surface area contributed by atoms with Gasteiger partial charge in [0, 0.05) is 22.8 Å². The first-order valence-electron chi connectivity index (χ1n) is 5.81. The van der Waals surface area contributed by atoms with E-state index in [1.807, 2.05) is 43.0 Å². The number of nitrogens with zero attached hydrogens (tertiary/aromatic N) is 2. The number of halogens is 1. The molecule has 0 saturated carbocycles. The first-order valence-corrected chi connectivity index (χ1v) is 6.60. The Morgan fingerprint density at radius 3 is 2.72 bits per heavy atom. The molecule has 0 radical (unpaired) electrons. The number of nitrogens with one attached hydrogen (secondary N) is 1. The van der Waals surface area contributed by atoms with Crippen LogP contribution in [0.15, 0.2) is 34.9 Å². The summed E-state index contributed by atoms with van der Waals surface area (Å²) in [5.41, 5.74) is 6.36. The van der Waals surface area contributed by atoms with Gasteiger partial charge in [0.1, 0.15) is 0 Å². The van der Waals surface area contributed by atoms with Gasteiger partial charge in [0.2, 0.25) is 0 Å². The zero-order chi connectivity index (χ0) is 13.1. The van der Waals surface area contributed by atoms with Gasteiger partial charge < -0.3 is 0 Å². The predicted molar refractivity (Wildman–Crippen MR) is 75.9 cm³/mol. The van der Waals surface area contributed by atoms with Crippen molar-refractivity contribution in [2.75, 3.05) is 0 Å². The topological polar surface area (TPSA) is 55.9 Å². The lowest BCUT2D eigenvalue weighted by molar-refractivity contribution is 0.547. The second kappa shape index (κ2) is 5.65. The van der Waals surface area contributed by atoms with Crippen LogP contribution in [0.4, 0.5) is 0 Å². The van der Waals surface area contributed by atoms with E-state index < -0.39 is 0 Å². The quantitative estimate of drug-likeness (QED) is 0.673. The molecule has 2 aromatic rings. The number of hydrazine groups is 1. The lowest BCUT2D eigenvalue weighted by Gasteiger charge is -2.16. The second-order valence-electron chi connectivity index (χ2n) is 4.32. The monoisotopic (exact) mass is 308 g/mol. The highest BCUT2D eigenvalue weighted by atomic mass is 79.9. The molecule has 5 heteroatoms. The van der Waals surface area contributed by atoms with E-state index in [0.717, 1.165) is 22.2 Å². The molecule has 96 valence electrons. The second-order valence-corrected chi connectivity index (χ2v) is 5.18. The maximum Gasteiger partial charge on any atom is 0.0540 e. The number of rotatable bonds is 4. The molecule has 0 aliphatic heterocycles. The van der Waals surface area contributed by atoms with Gasteiger partial charge in [-0.25, -0.2) is 0 Å². The fraction of sp³-hybridized carbons (Fsp3) is 0.308. The molecule has 0 aliphatic rings. The molecular formula is C13H17BrN4. The molecule has 1 unspecified atom stereocenters. The number of aromatic nitrogens is 2. The Labute approximate surface area is 115 Å². The van der Waals surface area contributed by atoms with Gasteiger partial charge >= 0.3 is 0 Å². The highest BCUT2D eigenvalue weighted by Crippen LogP contribution is 2.24. The van der Waals surface area contributed by atoms with Crippen molar-refractivity contribution in [2.45, 2.75) is 19.4 Å². The largest absolute Gasteiger partial charge is 0.273 e. The normalized spacial score (nSPS) is 12.7. The van der Waals surface area contributed by atoms with Gasteiger partial charge in [-0.15, -0.1) is 0 Å². The highest BCUT2D eigenvalue weighted by molar-refractivity contribution is 9.10. The molecule has 18 heavy (non-hydrogen) atoms. The Bertz CT molecular complexity index is 536. The summed E-state index contributed by atoms with van der Waals surface area (Å²) >= 11 is 3.56. The van der Waals surface area contributed by atoms with Crippen molar-refractivity contribution in [2.24, 2.45) is 12.9 Å². The average Bonchev–Trinajstić information content (AvgIpc) is 2.70. The molecule has 1 aromatic carbocycles. The van der Waals surface area contributed by atoms with Crippen molar-refractivity contribution >= 4 is 15.9 Å². The van der Waals surface area contributed by atoms with Crippen molar-refractivity contribution in [1.82, 2.24) is 15.2 Å². The third-order valence-corrected chi connectivity index (χ3v) is 4.01. The third kappa shape index (κ3) is 2.63. The van der Waals surface area contributed by atoms with Crippen LogP contribution in [0.3, 0.4) is 0 Å². The first kappa shape index (κ1) is 13.3. The van der Waals surface area contributed by atoms with Crippen LogP contribution in [-0.4, -0.2) is 9.78 Å². The number of hydrogen-bond donors (Lipinski definition) is 2. The summed E-state index contributed by atoms with van der Waals surface area (Å²) in [6.45, 7) is 2.05. The lowest BCUT2D eigenvalue weighted by atomic mass is 10.0. The summed E-state index contributed by atoms with van der Waals surface area (Å²) in [6, 6.07) is 8.24. The van der Waals surface area contributed by atoms with E-state index >= 15 is 0 Å². The van der Waals surface area contributed by atoms with E-state index in [9.17, 15) is 0 Å². The minimum absolute atomic E-state index is 0.0670. The van der Waals surface area contributed by atoms with Crippen LogP contribution in [0.5, 0.6) is 0 Å². The summed E-state index contributed by atoms with van der Waals surface area (Å²) in [4.78, 5) is 0. The minimum Gasteiger partial charge on any atom is -0.273 e. The van der Waals surface area contributed by atoms with Gasteiger partial charge in [0.25, 0.3) is 0 Å². The van der Waals surface area contributed by atoms with Crippen LogP contribution in [0.25, 0.3) is 0 Å².